The molecule has 0 aliphatic rings. The molecule has 106 valence electrons. The highest BCUT2D eigenvalue weighted by atomic mass is 19.1. The Labute approximate surface area is 122 Å². The molecule has 21 heavy (non-hydrogen) atoms. The van der Waals surface area contributed by atoms with Gasteiger partial charge in [-0.2, -0.15) is 0 Å². The smallest absolute Gasteiger partial charge is 0.337 e. The first-order valence-electron chi connectivity index (χ1n) is 6.21. The largest absolute Gasteiger partial charge is 0.508 e. The maximum Gasteiger partial charge on any atom is 0.337 e. The van der Waals surface area contributed by atoms with Crippen molar-refractivity contribution in [1.82, 2.24) is 0 Å². The average molecular weight is 284 g/mol. The SMILES string of the molecule is COC(=O)c1ccc(C#Cc2c(C)cc(O)cc2F)cc1. The molecule has 0 unspecified atom stereocenters. The fourth-order valence-electron chi connectivity index (χ4n) is 1.83. The molecule has 3 nitrogen and oxygen atoms in total. The van der Waals surface area contributed by atoms with Crippen LogP contribution in [-0.2, 0) is 4.74 Å². The first kappa shape index (κ1) is 14.6. The normalized spacial score (nSPS) is 9.67. The number of methoxy groups -OCH3 is 1. The zero-order chi connectivity index (χ0) is 15.4. The van der Waals surface area contributed by atoms with Crippen molar-refractivity contribution >= 4 is 5.97 Å². The third kappa shape index (κ3) is 3.40. The number of phenolic OH excluding ortho intramolecular Hbond substituents is 1. The van der Waals surface area contributed by atoms with Crippen molar-refractivity contribution in [2.45, 2.75) is 6.92 Å². The van der Waals surface area contributed by atoms with Crippen molar-refractivity contribution < 1.29 is 19.0 Å². The summed E-state index contributed by atoms with van der Waals surface area (Å²) in [5.41, 5.74) is 1.88. The van der Waals surface area contributed by atoms with Gasteiger partial charge in [0.25, 0.3) is 0 Å². The molecular weight excluding hydrogens is 271 g/mol. The molecule has 1 N–H and O–H groups in total. The summed E-state index contributed by atoms with van der Waals surface area (Å²) in [4.78, 5) is 11.3. The topological polar surface area (TPSA) is 46.5 Å². The van der Waals surface area contributed by atoms with Crippen LogP contribution in [0.3, 0.4) is 0 Å². The molecule has 0 saturated heterocycles. The van der Waals surface area contributed by atoms with E-state index in [4.69, 9.17) is 0 Å². The number of benzene rings is 2. The van der Waals surface area contributed by atoms with E-state index in [-0.39, 0.29) is 11.3 Å². The van der Waals surface area contributed by atoms with E-state index in [2.05, 4.69) is 16.6 Å². The first-order chi connectivity index (χ1) is 10.0. The maximum absolute atomic E-state index is 13.7. The van der Waals surface area contributed by atoms with Gasteiger partial charge in [-0.25, -0.2) is 9.18 Å². The number of phenols is 1. The molecule has 0 radical (unpaired) electrons. The van der Waals surface area contributed by atoms with Crippen LogP contribution in [0.1, 0.15) is 27.0 Å². The fourth-order valence-corrected chi connectivity index (χ4v) is 1.83. The second-order valence-corrected chi connectivity index (χ2v) is 4.44. The molecule has 0 aliphatic carbocycles. The standard InChI is InChI=1S/C17H13FO3/c1-11-9-14(19)10-16(18)15(11)8-5-12-3-6-13(7-4-12)17(20)21-2/h3-4,6-7,9-10,19H,1-2H3. The quantitative estimate of drug-likeness (QED) is 0.647. The van der Waals surface area contributed by atoms with Crippen LogP contribution in [0.15, 0.2) is 36.4 Å². The van der Waals surface area contributed by atoms with Gasteiger partial charge < -0.3 is 9.84 Å². The molecule has 4 heteroatoms. The number of esters is 1. The number of carbonyl (C=O) groups excluding carboxylic acids is 1. The fraction of sp³-hybridized carbons (Fsp3) is 0.118. The molecule has 0 amide bonds. The third-order valence-electron chi connectivity index (χ3n) is 2.91. The molecule has 0 saturated carbocycles. The molecule has 2 aromatic rings. The molecule has 0 spiro atoms. The lowest BCUT2D eigenvalue weighted by atomic mass is 10.1. The number of aryl methyl sites for hydroxylation is 1. The van der Waals surface area contributed by atoms with Gasteiger partial charge in [0.2, 0.25) is 0 Å². The average Bonchev–Trinajstić information content (AvgIpc) is 2.46. The van der Waals surface area contributed by atoms with E-state index in [0.29, 0.717) is 16.7 Å². The molecule has 2 rings (SSSR count). The molecule has 2 aromatic carbocycles. The Morgan fingerprint density at radius 2 is 1.86 bits per heavy atom. The van der Waals surface area contributed by atoms with Crippen LogP contribution >= 0.6 is 0 Å². The van der Waals surface area contributed by atoms with Crippen LogP contribution < -0.4 is 0 Å². The predicted octanol–water partition coefficient (Wildman–Crippen LogP) is 3.03. The van der Waals surface area contributed by atoms with Gasteiger partial charge in [-0.15, -0.1) is 0 Å². The minimum absolute atomic E-state index is 0.127. The van der Waals surface area contributed by atoms with Gasteiger partial charge in [0, 0.05) is 11.6 Å². The lowest BCUT2D eigenvalue weighted by Crippen LogP contribution is -2.00. The molecule has 0 bridgehead atoms. The third-order valence-corrected chi connectivity index (χ3v) is 2.91. The number of hydrogen-bond acceptors (Lipinski definition) is 3. The molecule has 0 fully saturated rings. The van der Waals surface area contributed by atoms with Crippen molar-refractivity contribution in [2.75, 3.05) is 7.11 Å². The van der Waals surface area contributed by atoms with Gasteiger partial charge >= 0.3 is 5.97 Å². The number of rotatable bonds is 1. The first-order valence-corrected chi connectivity index (χ1v) is 6.21. The van der Waals surface area contributed by atoms with Crippen LogP contribution in [0.5, 0.6) is 5.75 Å². The number of hydrogen-bond donors (Lipinski definition) is 1. The Morgan fingerprint density at radius 3 is 2.43 bits per heavy atom. The van der Waals surface area contributed by atoms with Crippen LogP contribution in [0.25, 0.3) is 0 Å². The van der Waals surface area contributed by atoms with Crippen molar-refractivity contribution in [2.24, 2.45) is 0 Å². The summed E-state index contributed by atoms with van der Waals surface area (Å²) < 4.78 is 18.3. The van der Waals surface area contributed by atoms with Crippen LogP contribution in [0.4, 0.5) is 4.39 Å². The Hall–Kier alpha value is -2.80. The minimum Gasteiger partial charge on any atom is -0.508 e. The van der Waals surface area contributed by atoms with E-state index in [1.54, 1.807) is 31.2 Å². The van der Waals surface area contributed by atoms with Crippen LogP contribution in [-0.4, -0.2) is 18.2 Å². The van der Waals surface area contributed by atoms with Crippen molar-refractivity contribution in [1.29, 1.82) is 0 Å². The summed E-state index contributed by atoms with van der Waals surface area (Å²) in [5.74, 6) is 4.45. The van der Waals surface area contributed by atoms with Gasteiger partial charge in [0.05, 0.1) is 18.2 Å². The molecule has 0 aliphatic heterocycles. The number of halogens is 1. The van der Waals surface area contributed by atoms with E-state index in [1.807, 2.05) is 0 Å². The van der Waals surface area contributed by atoms with Crippen molar-refractivity contribution in [3.05, 3.63) is 64.5 Å². The van der Waals surface area contributed by atoms with E-state index in [1.165, 1.54) is 13.2 Å². The van der Waals surface area contributed by atoms with Gasteiger partial charge in [-0.1, -0.05) is 11.8 Å². The number of aromatic hydroxyl groups is 1. The predicted molar refractivity (Wildman–Crippen MR) is 76.6 cm³/mol. The lowest BCUT2D eigenvalue weighted by Gasteiger charge is -2.01. The van der Waals surface area contributed by atoms with Crippen molar-refractivity contribution in [3.8, 4) is 17.6 Å². The Bertz CT molecular complexity index is 714. The summed E-state index contributed by atoms with van der Waals surface area (Å²) in [6.07, 6.45) is 0. The van der Waals surface area contributed by atoms with Crippen LogP contribution in [0.2, 0.25) is 0 Å². The molecule has 0 heterocycles. The number of carbonyl (C=O) groups is 1. The summed E-state index contributed by atoms with van der Waals surface area (Å²) in [6.45, 7) is 1.67. The zero-order valence-corrected chi connectivity index (χ0v) is 11.6. The molecular formula is C17H13FO3. The highest BCUT2D eigenvalue weighted by Gasteiger charge is 2.06. The van der Waals surface area contributed by atoms with E-state index >= 15 is 0 Å². The van der Waals surface area contributed by atoms with E-state index in [0.717, 1.165) is 6.07 Å². The monoisotopic (exact) mass is 284 g/mol. The van der Waals surface area contributed by atoms with Crippen LogP contribution in [0, 0.1) is 24.6 Å². The highest BCUT2D eigenvalue weighted by Crippen LogP contribution is 2.19. The van der Waals surface area contributed by atoms with E-state index in [9.17, 15) is 14.3 Å². The number of ether oxygens (including phenoxy) is 1. The second-order valence-electron chi connectivity index (χ2n) is 4.44. The Balaban J connectivity index is 2.30. The maximum atomic E-state index is 13.7. The Kier molecular flexibility index (Phi) is 4.24. The summed E-state index contributed by atoms with van der Waals surface area (Å²) >= 11 is 0. The van der Waals surface area contributed by atoms with Gasteiger partial charge in [0.1, 0.15) is 11.6 Å². The Morgan fingerprint density at radius 1 is 1.19 bits per heavy atom. The lowest BCUT2D eigenvalue weighted by molar-refractivity contribution is 0.0600. The van der Waals surface area contributed by atoms with Gasteiger partial charge in [-0.05, 0) is 42.8 Å². The summed E-state index contributed by atoms with van der Waals surface area (Å²) in [7, 11) is 1.31. The molecule has 0 aromatic heterocycles. The molecule has 0 atom stereocenters. The van der Waals surface area contributed by atoms with E-state index < -0.39 is 11.8 Å². The zero-order valence-electron chi connectivity index (χ0n) is 11.6. The minimum atomic E-state index is -0.564. The summed E-state index contributed by atoms with van der Waals surface area (Å²) in [6, 6.07) is 8.98. The van der Waals surface area contributed by atoms with Gasteiger partial charge in [-0.3, -0.25) is 0 Å². The second kappa shape index (κ2) is 6.10. The summed E-state index contributed by atoms with van der Waals surface area (Å²) in [5, 5.41) is 9.28. The highest BCUT2D eigenvalue weighted by molar-refractivity contribution is 5.89. The van der Waals surface area contributed by atoms with Crippen molar-refractivity contribution in [3.63, 3.8) is 0 Å². The van der Waals surface area contributed by atoms with Gasteiger partial charge in [0.15, 0.2) is 0 Å².